The normalized spacial score (nSPS) is 8.12. The fourth-order valence-electron chi connectivity index (χ4n) is 0.268. The molecule has 3 heteroatoms. The Morgan fingerprint density at radius 3 is 2.62 bits per heavy atom. The number of hydrogen-bond acceptors (Lipinski definition) is 2. The van der Waals surface area contributed by atoms with Crippen LogP contribution in [0.25, 0.3) is 0 Å². The number of thiocarbonyl (C=S) groups is 1. The third-order valence-corrected chi connectivity index (χ3v) is 1.34. The molecule has 0 aliphatic heterocycles. The SMILES string of the molecule is C=CCN(C)C(=S)[S-]. The Balaban J connectivity index is 3.46. The minimum atomic E-state index is 0.491. The summed E-state index contributed by atoms with van der Waals surface area (Å²) < 4.78 is 0.491. The Morgan fingerprint density at radius 2 is 2.50 bits per heavy atom. The van der Waals surface area contributed by atoms with Crippen molar-refractivity contribution in [1.29, 1.82) is 0 Å². The van der Waals surface area contributed by atoms with Crippen LogP contribution in [0.3, 0.4) is 0 Å². The molecule has 0 rings (SSSR count). The van der Waals surface area contributed by atoms with E-state index in [4.69, 9.17) is 0 Å². The Morgan fingerprint density at radius 1 is 2.00 bits per heavy atom. The van der Waals surface area contributed by atoms with Crippen LogP contribution in [0.2, 0.25) is 0 Å². The molecule has 46 valence electrons. The largest absolute Gasteiger partial charge is 0.411 e. The van der Waals surface area contributed by atoms with Crippen molar-refractivity contribution in [2.45, 2.75) is 0 Å². The van der Waals surface area contributed by atoms with Crippen LogP contribution in [-0.2, 0) is 12.6 Å². The molecule has 1 nitrogen and oxygen atoms in total. The van der Waals surface area contributed by atoms with Gasteiger partial charge in [0.15, 0.2) is 0 Å². The average molecular weight is 146 g/mol. The van der Waals surface area contributed by atoms with E-state index in [1.807, 2.05) is 7.05 Å². The molecule has 0 aromatic heterocycles. The summed E-state index contributed by atoms with van der Waals surface area (Å²) in [5.74, 6) is 0. The second-order valence-electron chi connectivity index (χ2n) is 1.44. The zero-order chi connectivity index (χ0) is 6.57. The van der Waals surface area contributed by atoms with E-state index >= 15 is 0 Å². The van der Waals surface area contributed by atoms with E-state index in [2.05, 4.69) is 31.4 Å². The summed E-state index contributed by atoms with van der Waals surface area (Å²) in [4.78, 5) is 1.78. The predicted molar refractivity (Wildman–Crippen MR) is 42.8 cm³/mol. The summed E-state index contributed by atoms with van der Waals surface area (Å²) in [6.07, 6.45) is 1.76. The third kappa shape index (κ3) is 2.93. The highest BCUT2D eigenvalue weighted by Crippen LogP contribution is 1.83. The van der Waals surface area contributed by atoms with Crippen molar-refractivity contribution in [3.63, 3.8) is 0 Å². The molecule has 0 bridgehead atoms. The lowest BCUT2D eigenvalue weighted by molar-refractivity contribution is 0.586. The Labute approximate surface area is 60.8 Å². The number of likely N-dealkylation sites (N-methyl/N-ethyl adjacent to an activating group) is 1. The van der Waals surface area contributed by atoms with Gasteiger partial charge in [0.2, 0.25) is 0 Å². The molecule has 0 radical (unpaired) electrons. The van der Waals surface area contributed by atoms with E-state index in [0.29, 0.717) is 4.32 Å². The van der Waals surface area contributed by atoms with Gasteiger partial charge < -0.3 is 29.7 Å². The van der Waals surface area contributed by atoms with E-state index < -0.39 is 0 Å². The summed E-state index contributed by atoms with van der Waals surface area (Å²) in [6, 6.07) is 0. The van der Waals surface area contributed by atoms with Gasteiger partial charge in [-0.15, -0.1) is 6.58 Å². The molecular formula is C5H8NS2-. The Kier molecular flexibility index (Phi) is 3.73. The van der Waals surface area contributed by atoms with Crippen LogP contribution < -0.4 is 0 Å². The van der Waals surface area contributed by atoms with Crippen LogP contribution >= 0.6 is 12.2 Å². The maximum Gasteiger partial charge on any atom is 0.0338 e. The maximum atomic E-state index is 4.68. The molecule has 0 aromatic rings. The van der Waals surface area contributed by atoms with Crippen molar-refractivity contribution in [1.82, 2.24) is 4.90 Å². The van der Waals surface area contributed by atoms with Gasteiger partial charge in [0, 0.05) is 13.6 Å². The summed E-state index contributed by atoms with van der Waals surface area (Å²) in [5.41, 5.74) is 0. The van der Waals surface area contributed by atoms with Gasteiger partial charge in [-0.05, 0) is 0 Å². The smallest absolute Gasteiger partial charge is 0.0338 e. The van der Waals surface area contributed by atoms with Crippen molar-refractivity contribution in [2.75, 3.05) is 13.6 Å². The summed E-state index contributed by atoms with van der Waals surface area (Å²) in [6.45, 7) is 4.27. The quantitative estimate of drug-likeness (QED) is 0.324. The molecule has 0 N–H and O–H groups in total. The van der Waals surface area contributed by atoms with Gasteiger partial charge in [-0.2, -0.15) is 0 Å². The second-order valence-corrected chi connectivity index (χ2v) is 2.47. The molecule has 8 heavy (non-hydrogen) atoms. The first-order valence-corrected chi connectivity index (χ1v) is 3.03. The molecule has 0 atom stereocenters. The van der Waals surface area contributed by atoms with Crippen molar-refractivity contribution >= 4 is 29.2 Å². The standard InChI is InChI=1S/C5H9NS2/c1-3-4-6(2)5(7)8/h3H,1,4H2,2H3,(H,7,8)/p-1. The fraction of sp³-hybridized carbons (Fsp3) is 0.400. The minimum Gasteiger partial charge on any atom is -0.411 e. The van der Waals surface area contributed by atoms with E-state index in [-0.39, 0.29) is 0 Å². The highest BCUT2D eigenvalue weighted by atomic mass is 32.1. The van der Waals surface area contributed by atoms with Crippen molar-refractivity contribution in [2.24, 2.45) is 0 Å². The first-order chi connectivity index (χ1) is 3.68. The zero-order valence-electron chi connectivity index (χ0n) is 4.76. The molecule has 0 fully saturated rings. The van der Waals surface area contributed by atoms with Gasteiger partial charge in [0.1, 0.15) is 0 Å². The van der Waals surface area contributed by atoms with Crippen LogP contribution in [-0.4, -0.2) is 22.8 Å². The molecule has 0 aliphatic carbocycles. The minimum absolute atomic E-state index is 0.491. The van der Waals surface area contributed by atoms with Gasteiger partial charge in [0.05, 0.1) is 0 Å². The molecule has 0 aromatic carbocycles. The van der Waals surface area contributed by atoms with Crippen molar-refractivity contribution in [3.05, 3.63) is 12.7 Å². The summed E-state index contributed by atoms with van der Waals surface area (Å²) in [5, 5.41) is 0. The zero-order valence-corrected chi connectivity index (χ0v) is 6.39. The molecule has 0 saturated carbocycles. The maximum absolute atomic E-state index is 4.68. The topological polar surface area (TPSA) is 3.24 Å². The lowest BCUT2D eigenvalue weighted by atomic mass is 10.6. The molecule has 0 aliphatic rings. The first-order valence-electron chi connectivity index (χ1n) is 2.21. The van der Waals surface area contributed by atoms with Crippen LogP contribution in [0.1, 0.15) is 0 Å². The summed E-state index contributed by atoms with van der Waals surface area (Å²) in [7, 11) is 1.84. The molecule has 0 amide bonds. The Hall–Kier alpha value is -0.150. The molecule has 0 heterocycles. The number of hydrogen-bond donors (Lipinski definition) is 0. The number of nitrogens with zero attached hydrogens (tertiary/aromatic N) is 1. The lowest BCUT2D eigenvalue weighted by Gasteiger charge is -2.20. The van der Waals surface area contributed by atoms with Gasteiger partial charge in [-0.3, -0.25) is 0 Å². The second kappa shape index (κ2) is 3.80. The fourth-order valence-corrected chi connectivity index (χ4v) is 0.417. The third-order valence-electron chi connectivity index (χ3n) is 0.715. The molecule has 0 saturated heterocycles. The van der Waals surface area contributed by atoms with E-state index in [0.717, 1.165) is 6.54 Å². The Bertz CT molecular complexity index is 101. The van der Waals surface area contributed by atoms with Gasteiger partial charge in [-0.25, -0.2) is 0 Å². The van der Waals surface area contributed by atoms with Gasteiger partial charge in [-0.1, -0.05) is 10.4 Å². The van der Waals surface area contributed by atoms with E-state index in [1.165, 1.54) is 0 Å². The number of rotatable bonds is 2. The van der Waals surface area contributed by atoms with Crippen molar-refractivity contribution < 1.29 is 0 Å². The van der Waals surface area contributed by atoms with Gasteiger partial charge in [0.25, 0.3) is 0 Å². The lowest BCUT2D eigenvalue weighted by Crippen LogP contribution is -2.22. The van der Waals surface area contributed by atoms with Gasteiger partial charge >= 0.3 is 0 Å². The highest BCUT2D eigenvalue weighted by molar-refractivity contribution is 8.00. The van der Waals surface area contributed by atoms with Crippen LogP contribution in [0.5, 0.6) is 0 Å². The summed E-state index contributed by atoms with van der Waals surface area (Å²) >= 11 is 9.35. The average Bonchev–Trinajstić information content (AvgIpc) is 1.67. The van der Waals surface area contributed by atoms with E-state index in [9.17, 15) is 0 Å². The molecular weight excluding hydrogens is 138 g/mol. The van der Waals surface area contributed by atoms with Crippen molar-refractivity contribution in [3.8, 4) is 0 Å². The molecule has 0 unspecified atom stereocenters. The highest BCUT2D eigenvalue weighted by Gasteiger charge is 1.83. The van der Waals surface area contributed by atoms with Crippen LogP contribution in [0.15, 0.2) is 12.7 Å². The molecule has 0 spiro atoms. The monoisotopic (exact) mass is 146 g/mol. The van der Waals surface area contributed by atoms with Crippen LogP contribution in [0.4, 0.5) is 0 Å². The first kappa shape index (κ1) is 7.85. The van der Waals surface area contributed by atoms with E-state index in [1.54, 1.807) is 11.0 Å². The predicted octanol–water partition coefficient (Wildman–Crippen LogP) is 0.936. The van der Waals surface area contributed by atoms with Crippen LogP contribution in [0, 0.1) is 0 Å².